The Hall–Kier alpha value is -1.10. The van der Waals surface area contributed by atoms with Crippen LogP contribution in [-0.4, -0.2) is 48.6 Å². The fraction of sp³-hybridized carbons (Fsp3) is 0.588. The molecule has 0 bridgehead atoms. The maximum atomic E-state index is 12.4. The van der Waals surface area contributed by atoms with E-state index in [9.17, 15) is 4.79 Å². The number of benzene rings is 1. The van der Waals surface area contributed by atoms with E-state index in [2.05, 4.69) is 4.90 Å². The third-order valence-electron chi connectivity index (χ3n) is 3.48. The van der Waals surface area contributed by atoms with E-state index in [0.717, 1.165) is 13.1 Å². The standard InChI is InChI=1S/C17H24ClNO3/c1-11(2)21-17-6-5-14(7-15(17)18)16(20)10-19-8-12(3)22-13(4)9-19/h5-7,11-13H,8-10H2,1-4H3. The number of carbonyl (C=O) groups excluding carboxylic acids is 1. The zero-order valence-electron chi connectivity index (χ0n) is 13.6. The van der Waals surface area contributed by atoms with Crippen LogP contribution in [0.1, 0.15) is 38.1 Å². The minimum absolute atomic E-state index is 0.0513. The quantitative estimate of drug-likeness (QED) is 0.778. The average molecular weight is 326 g/mol. The van der Waals surface area contributed by atoms with E-state index in [0.29, 0.717) is 22.9 Å². The molecular formula is C17H24ClNO3. The molecule has 22 heavy (non-hydrogen) atoms. The lowest BCUT2D eigenvalue weighted by molar-refractivity contribution is -0.0652. The number of morpholine rings is 1. The highest BCUT2D eigenvalue weighted by Crippen LogP contribution is 2.26. The van der Waals surface area contributed by atoms with E-state index in [1.54, 1.807) is 18.2 Å². The second-order valence-corrected chi connectivity index (χ2v) is 6.59. The Labute approximate surface area is 137 Å². The summed E-state index contributed by atoms with van der Waals surface area (Å²) in [5.74, 6) is 0.682. The van der Waals surface area contributed by atoms with Crippen molar-refractivity contribution in [1.29, 1.82) is 0 Å². The van der Waals surface area contributed by atoms with E-state index < -0.39 is 0 Å². The van der Waals surface area contributed by atoms with Gasteiger partial charge in [-0.25, -0.2) is 0 Å². The summed E-state index contributed by atoms with van der Waals surface area (Å²) in [5.41, 5.74) is 0.618. The Kier molecular flexibility index (Phi) is 5.84. The molecule has 2 atom stereocenters. The van der Waals surface area contributed by atoms with Crippen molar-refractivity contribution in [2.45, 2.75) is 46.0 Å². The van der Waals surface area contributed by atoms with Gasteiger partial charge in [0.15, 0.2) is 5.78 Å². The Morgan fingerprint density at radius 3 is 2.55 bits per heavy atom. The number of ether oxygens (including phenoxy) is 2. The molecule has 0 N–H and O–H groups in total. The van der Waals surface area contributed by atoms with E-state index in [-0.39, 0.29) is 24.1 Å². The van der Waals surface area contributed by atoms with Gasteiger partial charge in [-0.15, -0.1) is 0 Å². The summed E-state index contributed by atoms with van der Waals surface area (Å²) in [4.78, 5) is 14.6. The number of halogens is 1. The van der Waals surface area contributed by atoms with Crippen molar-refractivity contribution in [1.82, 2.24) is 4.90 Å². The van der Waals surface area contributed by atoms with Crippen molar-refractivity contribution in [3.63, 3.8) is 0 Å². The molecule has 1 aromatic rings. The smallest absolute Gasteiger partial charge is 0.176 e. The molecule has 4 nitrogen and oxygen atoms in total. The molecule has 5 heteroatoms. The molecule has 1 saturated heterocycles. The van der Waals surface area contributed by atoms with Gasteiger partial charge in [0.25, 0.3) is 0 Å². The first-order chi connectivity index (χ1) is 10.3. The largest absolute Gasteiger partial charge is 0.489 e. The molecule has 0 radical (unpaired) electrons. The van der Waals surface area contributed by atoms with Gasteiger partial charge in [0.1, 0.15) is 5.75 Å². The van der Waals surface area contributed by atoms with Gasteiger partial charge in [0.05, 0.1) is 29.9 Å². The molecule has 0 amide bonds. The van der Waals surface area contributed by atoms with Crippen LogP contribution in [0.2, 0.25) is 5.02 Å². The van der Waals surface area contributed by atoms with Crippen LogP contribution in [-0.2, 0) is 4.74 Å². The molecule has 2 unspecified atom stereocenters. The van der Waals surface area contributed by atoms with Crippen molar-refractivity contribution in [2.75, 3.05) is 19.6 Å². The summed E-state index contributed by atoms with van der Waals surface area (Å²) < 4.78 is 11.3. The number of hydrogen-bond acceptors (Lipinski definition) is 4. The Morgan fingerprint density at radius 2 is 2.00 bits per heavy atom. The number of Topliss-reactive ketones (excluding diaryl/α,β-unsaturated/α-hetero) is 1. The van der Waals surface area contributed by atoms with Gasteiger partial charge in [-0.05, 0) is 45.9 Å². The van der Waals surface area contributed by atoms with Crippen molar-refractivity contribution in [3.8, 4) is 5.75 Å². The van der Waals surface area contributed by atoms with Crippen LogP contribution in [0.5, 0.6) is 5.75 Å². The molecule has 0 saturated carbocycles. The maximum absolute atomic E-state index is 12.4. The van der Waals surface area contributed by atoms with Crippen LogP contribution in [0.25, 0.3) is 0 Å². The second-order valence-electron chi connectivity index (χ2n) is 6.19. The summed E-state index contributed by atoms with van der Waals surface area (Å²) in [5, 5.41) is 0.475. The molecule has 0 spiro atoms. The molecule has 1 fully saturated rings. The summed E-state index contributed by atoms with van der Waals surface area (Å²) in [6.45, 7) is 9.88. The van der Waals surface area contributed by atoms with Crippen LogP contribution in [0.3, 0.4) is 0 Å². The van der Waals surface area contributed by atoms with Crippen molar-refractivity contribution in [3.05, 3.63) is 28.8 Å². The van der Waals surface area contributed by atoms with Crippen molar-refractivity contribution < 1.29 is 14.3 Å². The van der Waals surface area contributed by atoms with Gasteiger partial charge in [-0.3, -0.25) is 9.69 Å². The fourth-order valence-corrected chi connectivity index (χ4v) is 2.96. The molecule has 122 valence electrons. The van der Waals surface area contributed by atoms with Gasteiger partial charge in [-0.2, -0.15) is 0 Å². The Balaban J connectivity index is 2.02. The van der Waals surface area contributed by atoms with Crippen LogP contribution in [0.15, 0.2) is 18.2 Å². The molecule has 1 aliphatic heterocycles. The van der Waals surface area contributed by atoms with Crippen molar-refractivity contribution in [2.24, 2.45) is 0 Å². The third-order valence-corrected chi connectivity index (χ3v) is 3.77. The molecule has 0 aliphatic carbocycles. The lowest BCUT2D eigenvalue weighted by Crippen LogP contribution is -2.47. The van der Waals surface area contributed by atoms with Crippen LogP contribution in [0.4, 0.5) is 0 Å². The van der Waals surface area contributed by atoms with Gasteiger partial charge < -0.3 is 9.47 Å². The monoisotopic (exact) mass is 325 g/mol. The van der Waals surface area contributed by atoms with Gasteiger partial charge >= 0.3 is 0 Å². The third kappa shape index (κ3) is 4.70. The lowest BCUT2D eigenvalue weighted by Gasteiger charge is -2.34. The lowest BCUT2D eigenvalue weighted by atomic mass is 10.1. The second kappa shape index (κ2) is 7.44. The molecule has 1 heterocycles. The molecule has 2 rings (SSSR count). The molecule has 1 aromatic carbocycles. The maximum Gasteiger partial charge on any atom is 0.176 e. The molecule has 1 aliphatic rings. The SMILES string of the molecule is CC(C)Oc1ccc(C(=O)CN2CC(C)OC(C)C2)cc1Cl. The number of carbonyl (C=O) groups is 1. The van der Waals surface area contributed by atoms with Crippen LogP contribution >= 0.6 is 11.6 Å². The first kappa shape index (κ1) is 17.3. The predicted molar refractivity (Wildman–Crippen MR) is 88.0 cm³/mol. The number of hydrogen-bond donors (Lipinski definition) is 0. The molecular weight excluding hydrogens is 302 g/mol. The Bertz CT molecular complexity index is 523. The normalized spacial score (nSPS) is 22.8. The van der Waals surface area contributed by atoms with Gasteiger partial charge in [0.2, 0.25) is 0 Å². The summed E-state index contributed by atoms with van der Waals surface area (Å²) in [7, 11) is 0. The predicted octanol–water partition coefficient (Wildman–Crippen LogP) is 3.42. The fourth-order valence-electron chi connectivity index (χ4n) is 2.73. The summed E-state index contributed by atoms with van der Waals surface area (Å²) >= 11 is 6.20. The molecule has 0 aromatic heterocycles. The minimum Gasteiger partial charge on any atom is -0.489 e. The highest BCUT2D eigenvalue weighted by atomic mass is 35.5. The number of nitrogens with zero attached hydrogens (tertiary/aromatic N) is 1. The first-order valence-electron chi connectivity index (χ1n) is 7.72. The summed E-state index contributed by atoms with van der Waals surface area (Å²) in [6.07, 6.45) is 0.360. The highest BCUT2D eigenvalue weighted by molar-refractivity contribution is 6.32. The van der Waals surface area contributed by atoms with E-state index in [4.69, 9.17) is 21.1 Å². The zero-order valence-corrected chi connectivity index (χ0v) is 14.4. The van der Waals surface area contributed by atoms with Crippen LogP contribution in [0, 0.1) is 0 Å². The van der Waals surface area contributed by atoms with E-state index >= 15 is 0 Å². The topological polar surface area (TPSA) is 38.8 Å². The highest BCUT2D eigenvalue weighted by Gasteiger charge is 2.24. The number of ketones is 1. The van der Waals surface area contributed by atoms with Crippen molar-refractivity contribution >= 4 is 17.4 Å². The number of rotatable bonds is 5. The van der Waals surface area contributed by atoms with E-state index in [1.807, 2.05) is 27.7 Å². The first-order valence-corrected chi connectivity index (χ1v) is 8.10. The Morgan fingerprint density at radius 1 is 1.36 bits per heavy atom. The summed E-state index contributed by atoms with van der Waals surface area (Å²) in [6, 6.07) is 5.23. The minimum atomic E-state index is 0.0513. The average Bonchev–Trinajstić information content (AvgIpc) is 2.39. The van der Waals surface area contributed by atoms with Gasteiger partial charge in [0, 0.05) is 18.7 Å². The van der Waals surface area contributed by atoms with Crippen LogP contribution < -0.4 is 4.74 Å². The zero-order chi connectivity index (χ0) is 16.3. The van der Waals surface area contributed by atoms with Gasteiger partial charge in [-0.1, -0.05) is 11.6 Å². The van der Waals surface area contributed by atoms with E-state index in [1.165, 1.54) is 0 Å².